The van der Waals surface area contributed by atoms with Crippen LogP contribution in [0, 0.1) is 0 Å². The van der Waals surface area contributed by atoms with E-state index < -0.39 is 0 Å². The Morgan fingerprint density at radius 2 is 0.453 bits per heavy atom. The molecule has 4 nitrogen and oxygen atoms in total. The van der Waals surface area contributed by atoms with Gasteiger partial charge >= 0.3 is 0 Å². The molecule has 0 bridgehead atoms. The van der Waals surface area contributed by atoms with Crippen molar-refractivity contribution in [1.29, 1.82) is 0 Å². The molecule has 10 aromatic carbocycles. The van der Waals surface area contributed by atoms with Crippen LogP contribution in [-0.2, 0) is 0 Å². The van der Waals surface area contributed by atoms with Gasteiger partial charge in [0.15, 0.2) is 0 Å². The smallest absolute Gasteiger partial charge is 0.0549 e. The van der Waals surface area contributed by atoms with Crippen LogP contribution < -0.4 is 0 Å². The normalized spacial score (nSPS) is 12.1. The monoisotopic (exact) mass is 814 g/mol. The van der Waals surface area contributed by atoms with Crippen molar-refractivity contribution in [2.75, 3.05) is 0 Å². The van der Waals surface area contributed by atoms with Gasteiger partial charge in [0.05, 0.1) is 55.5 Å². The van der Waals surface area contributed by atoms with E-state index in [0.29, 0.717) is 0 Å². The fourth-order valence-electron chi connectivity index (χ4n) is 11.1. The molecule has 0 aliphatic carbocycles. The maximum Gasteiger partial charge on any atom is 0.0549 e. The summed E-state index contributed by atoms with van der Waals surface area (Å²) in [5.74, 6) is 0. The van der Waals surface area contributed by atoms with E-state index in [2.05, 4.69) is 249 Å². The molecule has 0 saturated carbocycles. The van der Waals surface area contributed by atoms with Gasteiger partial charge in [0.2, 0.25) is 0 Å². The van der Waals surface area contributed by atoms with E-state index >= 15 is 0 Å². The molecule has 4 heterocycles. The fourth-order valence-corrected chi connectivity index (χ4v) is 11.1. The van der Waals surface area contributed by atoms with Crippen LogP contribution in [0.5, 0.6) is 0 Å². The zero-order chi connectivity index (χ0) is 41.9. The minimum absolute atomic E-state index is 1.13. The van der Waals surface area contributed by atoms with Crippen LogP contribution in [0.1, 0.15) is 0 Å². The zero-order valence-electron chi connectivity index (χ0n) is 34.7. The summed E-state index contributed by atoms with van der Waals surface area (Å²) in [5, 5.41) is 9.77. The third-order valence-corrected chi connectivity index (χ3v) is 13.6. The molecule has 0 amide bonds. The predicted molar refractivity (Wildman–Crippen MR) is 269 cm³/mol. The topological polar surface area (TPSA) is 19.7 Å². The van der Waals surface area contributed by atoms with Gasteiger partial charge in [0, 0.05) is 65.6 Å². The second kappa shape index (κ2) is 13.4. The van der Waals surface area contributed by atoms with Gasteiger partial charge in [-0.1, -0.05) is 146 Å². The minimum atomic E-state index is 1.13. The number of hydrogen-bond acceptors (Lipinski definition) is 0. The Kier molecular flexibility index (Phi) is 7.36. The largest absolute Gasteiger partial charge is 0.309 e. The van der Waals surface area contributed by atoms with Crippen LogP contribution in [0.3, 0.4) is 0 Å². The van der Waals surface area contributed by atoms with Crippen LogP contribution in [0.15, 0.2) is 231 Å². The molecule has 0 aliphatic rings. The van der Waals surface area contributed by atoms with Gasteiger partial charge in [0.1, 0.15) is 0 Å². The maximum atomic E-state index is 2.53. The van der Waals surface area contributed by atoms with Gasteiger partial charge in [-0.3, -0.25) is 0 Å². The molecule has 4 heteroatoms. The number of hydrogen-bond donors (Lipinski definition) is 0. The molecule has 0 fully saturated rings. The summed E-state index contributed by atoms with van der Waals surface area (Å²) >= 11 is 0. The molecular formula is C60H38N4. The van der Waals surface area contributed by atoms with Crippen molar-refractivity contribution in [2.45, 2.75) is 0 Å². The summed E-state index contributed by atoms with van der Waals surface area (Å²) in [6.45, 7) is 0. The second-order valence-corrected chi connectivity index (χ2v) is 16.8. The van der Waals surface area contributed by atoms with E-state index in [-0.39, 0.29) is 0 Å². The van der Waals surface area contributed by atoms with Gasteiger partial charge in [-0.15, -0.1) is 0 Å². The van der Waals surface area contributed by atoms with Crippen LogP contribution >= 0.6 is 0 Å². The predicted octanol–water partition coefficient (Wildman–Crippen LogP) is 15.7. The molecule has 0 spiro atoms. The lowest BCUT2D eigenvalue weighted by Crippen LogP contribution is -2.03. The lowest BCUT2D eigenvalue weighted by Gasteiger charge is -2.22. The quantitative estimate of drug-likeness (QED) is 0.165. The molecular weight excluding hydrogens is 777 g/mol. The van der Waals surface area contributed by atoms with Crippen molar-refractivity contribution in [3.8, 4) is 33.9 Å². The molecule has 0 radical (unpaired) electrons. The Balaban J connectivity index is 1.28. The third-order valence-electron chi connectivity index (χ3n) is 13.6. The summed E-state index contributed by atoms with van der Waals surface area (Å²) in [7, 11) is 0. The second-order valence-electron chi connectivity index (χ2n) is 16.8. The van der Waals surface area contributed by atoms with Gasteiger partial charge in [-0.05, 0) is 84.9 Å². The molecule has 298 valence electrons. The van der Waals surface area contributed by atoms with Crippen LogP contribution in [0.2, 0.25) is 0 Å². The summed E-state index contributed by atoms with van der Waals surface area (Å²) in [6.07, 6.45) is 0. The fraction of sp³-hybridized carbons (Fsp3) is 0. The average Bonchev–Trinajstić information content (AvgIpc) is 4.09. The number of nitrogens with zero attached hydrogens (tertiary/aromatic N) is 4. The van der Waals surface area contributed by atoms with Crippen LogP contribution in [0.4, 0.5) is 0 Å². The molecule has 0 atom stereocenters. The average molecular weight is 815 g/mol. The summed E-state index contributed by atoms with van der Waals surface area (Å²) < 4.78 is 9.96. The molecule has 64 heavy (non-hydrogen) atoms. The van der Waals surface area contributed by atoms with Crippen molar-refractivity contribution in [3.63, 3.8) is 0 Å². The minimum Gasteiger partial charge on any atom is -0.309 e. The molecule has 0 unspecified atom stereocenters. The van der Waals surface area contributed by atoms with Crippen LogP contribution in [-0.4, -0.2) is 18.3 Å². The molecule has 0 aliphatic heterocycles. The Labute approximate surface area is 368 Å². The Morgan fingerprint density at radius 1 is 0.188 bits per heavy atom. The molecule has 0 saturated heterocycles. The maximum absolute atomic E-state index is 2.53. The van der Waals surface area contributed by atoms with E-state index in [0.717, 1.165) is 33.8 Å². The summed E-state index contributed by atoms with van der Waals surface area (Å²) in [4.78, 5) is 0. The van der Waals surface area contributed by atoms with Crippen molar-refractivity contribution in [3.05, 3.63) is 231 Å². The first kappa shape index (κ1) is 35.0. The number of benzene rings is 10. The number of fused-ring (bicyclic) bond motifs is 12. The van der Waals surface area contributed by atoms with E-state index in [9.17, 15) is 0 Å². The number of para-hydroxylation sites is 8. The third kappa shape index (κ3) is 4.77. The molecule has 4 aromatic heterocycles. The van der Waals surface area contributed by atoms with Gasteiger partial charge in [-0.2, -0.15) is 0 Å². The molecule has 14 aromatic rings. The van der Waals surface area contributed by atoms with E-state index in [1.807, 2.05) is 0 Å². The van der Waals surface area contributed by atoms with Gasteiger partial charge in [0.25, 0.3) is 0 Å². The highest BCUT2D eigenvalue weighted by atomic mass is 15.0. The first-order valence-corrected chi connectivity index (χ1v) is 22.0. The highest BCUT2D eigenvalue weighted by molar-refractivity contribution is 6.26. The Hall–Kier alpha value is -8.60. The molecule has 0 N–H and O–H groups in total. The Bertz CT molecular complexity index is 3800. The van der Waals surface area contributed by atoms with E-state index in [1.54, 1.807) is 0 Å². The lowest BCUT2D eigenvalue weighted by atomic mass is 9.91. The van der Waals surface area contributed by atoms with E-state index in [4.69, 9.17) is 0 Å². The molecule has 14 rings (SSSR count). The van der Waals surface area contributed by atoms with Crippen molar-refractivity contribution in [2.24, 2.45) is 0 Å². The first-order chi connectivity index (χ1) is 31.8. The Morgan fingerprint density at radius 3 is 0.781 bits per heavy atom. The summed E-state index contributed by atoms with van der Waals surface area (Å²) in [5.41, 5.74) is 16.2. The highest BCUT2D eigenvalue weighted by Gasteiger charge is 2.29. The number of aromatic nitrogens is 4. The van der Waals surface area contributed by atoms with Gasteiger partial charge in [-0.25, -0.2) is 0 Å². The highest BCUT2D eigenvalue weighted by Crippen LogP contribution is 2.51. The van der Waals surface area contributed by atoms with E-state index in [1.165, 1.54) is 87.3 Å². The standard InChI is InChI=1S/C60H38N4/c1-3-19-39(20-4-1)61-51-33-17-11-27-45(51)57-53(61)35-37-55(63-47-29-13-7-23-41(47)42-24-8-14-30-48(42)63)59(57)60-56(64-49-31-15-9-25-43(49)44-26-10-16-32-50(44)64)38-36-54-58(60)46-28-12-18-34-52(46)62(54)40-21-5-2-6-22-40/h1-38H. The first-order valence-electron chi connectivity index (χ1n) is 22.0. The lowest BCUT2D eigenvalue weighted by molar-refractivity contribution is 1.15. The van der Waals surface area contributed by atoms with Crippen LogP contribution in [0.25, 0.3) is 121 Å². The van der Waals surface area contributed by atoms with Crippen molar-refractivity contribution >= 4 is 87.2 Å². The SMILES string of the molecule is c1ccc(-n2c3ccccc3c3c(-c4c(-n5c6ccccc6c6ccccc65)ccc5c4c4ccccc4n5-c4ccccc4)c(-n4c5ccccc5c5ccccc54)ccc32)cc1. The number of rotatable bonds is 5. The zero-order valence-corrected chi connectivity index (χ0v) is 34.7. The van der Waals surface area contributed by atoms with Gasteiger partial charge < -0.3 is 18.3 Å². The van der Waals surface area contributed by atoms with Crippen molar-refractivity contribution < 1.29 is 0 Å². The van der Waals surface area contributed by atoms with Crippen molar-refractivity contribution in [1.82, 2.24) is 18.3 Å². The summed E-state index contributed by atoms with van der Waals surface area (Å²) in [6, 6.07) is 84.7.